The van der Waals surface area contributed by atoms with Crippen molar-refractivity contribution in [3.8, 4) is 5.75 Å². The van der Waals surface area contributed by atoms with Gasteiger partial charge in [-0.05, 0) is 50.4 Å². The van der Waals surface area contributed by atoms with Gasteiger partial charge in [0, 0.05) is 0 Å². The second-order valence-electron chi connectivity index (χ2n) is 3.27. The SMILES string of the molecule is Cc1ccc(Br)c(OCC2CO2)c1Br. The van der Waals surface area contributed by atoms with E-state index >= 15 is 0 Å². The van der Waals surface area contributed by atoms with Gasteiger partial charge < -0.3 is 9.47 Å². The number of hydrogen-bond donors (Lipinski definition) is 0. The Bertz CT molecular complexity index is 348. The predicted molar refractivity (Wildman–Crippen MR) is 61.8 cm³/mol. The molecule has 1 aromatic rings. The smallest absolute Gasteiger partial charge is 0.148 e. The first-order valence-corrected chi connectivity index (χ1v) is 5.96. The number of halogens is 2. The molecule has 0 radical (unpaired) electrons. The fourth-order valence-corrected chi connectivity index (χ4v) is 2.27. The van der Waals surface area contributed by atoms with Crippen LogP contribution < -0.4 is 4.74 Å². The van der Waals surface area contributed by atoms with Crippen molar-refractivity contribution in [2.24, 2.45) is 0 Å². The fourth-order valence-electron chi connectivity index (χ4n) is 1.10. The Hall–Kier alpha value is -0.0600. The highest BCUT2D eigenvalue weighted by Crippen LogP contribution is 2.36. The highest BCUT2D eigenvalue weighted by Gasteiger charge is 2.24. The van der Waals surface area contributed by atoms with Crippen molar-refractivity contribution in [3.63, 3.8) is 0 Å². The van der Waals surface area contributed by atoms with Gasteiger partial charge in [0.15, 0.2) is 0 Å². The Labute approximate surface area is 99.8 Å². The zero-order valence-corrected chi connectivity index (χ0v) is 10.9. The molecule has 1 aromatic carbocycles. The summed E-state index contributed by atoms with van der Waals surface area (Å²) in [6, 6.07) is 4.03. The van der Waals surface area contributed by atoms with Crippen LogP contribution in [0.5, 0.6) is 5.75 Å². The lowest BCUT2D eigenvalue weighted by Gasteiger charge is -2.10. The van der Waals surface area contributed by atoms with Crippen LogP contribution in [0.3, 0.4) is 0 Å². The second-order valence-corrected chi connectivity index (χ2v) is 4.92. The van der Waals surface area contributed by atoms with Crippen LogP contribution in [0, 0.1) is 6.92 Å². The van der Waals surface area contributed by atoms with Gasteiger partial charge in [0.25, 0.3) is 0 Å². The van der Waals surface area contributed by atoms with E-state index in [1.54, 1.807) is 0 Å². The summed E-state index contributed by atoms with van der Waals surface area (Å²) in [5.74, 6) is 0.862. The molecule has 0 bridgehead atoms. The molecule has 0 aliphatic carbocycles. The molecule has 2 nitrogen and oxygen atoms in total. The zero-order valence-electron chi connectivity index (χ0n) is 7.72. The van der Waals surface area contributed by atoms with Crippen molar-refractivity contribution < 1.29 is 9.47 Å². The predicted octanol–water partition coefficient (Wildman–Crippen LogP) is 3.30. The first-order valence-electron chi connectivity index (χ1n) is 4.37. The van der Waals surface area contributed by atoms with E-state index in [9.17, 15) is 0 Å². The van der Waals surface area contributed by atoms with Crippen molar-refractivity contribution in [1.29, 1.82) is 0 Å². The van der Waals surface area contributed by atoms with Gasteiger partial charge in [-0.2, -0.15) is 0 Å². The number of epoxide rings is 1. The highest BCUT2D eigenvalue weighted by molar-refractivity contribution is 9.11. The van der Waals surface area contributed by atoms with Crippen LogP contribution in [0.2, 0.25) is 0 Å². The molecule has 1 aliphatic heterocycles. The minimum atomic E-state index is 0.286. The number of ether oxygens (including phenoxy) is 2. The van der Waals surface area contributed by atoms with E-state index in [0.29, 0.717) is 6.61 Å². The van der Waals surface area contributed by atoms with Crippen LogP contribution in [0.15, 0.2) is 21.1 Å². The lowest BCUT2D eigenvalue weighted by Crippen LogP contribution is -2.05. The summed E-state index contributed by atoms with van der Waals surface area (Å²) < 4.78 is 12.7. The molecular formula is C10H10Br2O2. The van der Waals surface area contributed by atoms with Crippen molar-refractivity contribution in [3.05, 3.63) is 26.6 Å². The lowest BCUT2D eigenvalue weighted by molar-refractivity contribution is 0.260. The van der Waals surface area contributed by atoms with Gasteiger partial charge in [-0.25, -0.2) is 0 Å². The van der Waals surface area contributed by atoms with Gasteiger partial charge in [-0.3, -0.25) is 0 Å². The number of aryl methyl sites for hydroxylation is 1. The number of benzene rings is 1. The summed E-state index contributed by atoms with van der Waals surface area (Å²) in [7, 11) is 0. The van der Waals surface area contributed by atoms with Gasteiger partial charge >= 0.3 is 0 Å². The molecule has 1 atom stereocenters. The van der Waals surface area contributed by atoms with Crippen LogP contribution in [0.4, 0.5) is 0 Å². The molecule has 4 heteroatoms. The fraction of sp³-hybridized carbons (Fsp3) is 0.400. The molecule has 0 N–H and O–H groups in total. The van der Waals surface area contributed by atoms with Crippen molar-refractivity contribution in [2.45, 2.75) is 13.0 Å². The molecule has 2 rings (SSSR count). The number of rotatable bonds is 3. The van der Waals surface area contributed by atoms with Crippen molar-refractivity contribution >= 4 is 31.9 Å². The summed E-state index contributed by atoms with van der Waals surface area (Å²) in [6.45, 7) is 3.48. The van der Waals surface area contributed by atoms with E-state index in [2.05, 4.69) is 31.9 Å². The Morgan fingerprint density at radius 2 is 2.21 bits per heavy atom. The monoisotopic (exact) mass is 320 g/mol. The first-order chi connectivity index (χ1) is 6.68. The van der Waals surface area contributed by atoms with Gasteiger partial charge in [-0.15, -0.1) is 0 Å². The molecule has 76 valence electrons. The molecule has 0 amide bonds. The average molecular weight is 322 g/mol. The van der Waals surface area contributed by atoms with E-state index in [4.69, 9.17) is 9.47 Å². The molecule has 0 saturated carbocycles. The van der Waals surface area contributed by atoms with Gasteiger partial charge in [0.05, 0.1) is 15.6 Å². The molecule has 1 unspecified atom stereocenters. The maximum Gasteiger partial charge on any atom is 0.148 e. The third kappa shape index (κ3) is 2.30. The molecule has 1 fully saturated rings. The average Bonchev–Trinajstić information content (AvgIpc) is 2.95. The molecule has 0 aromatic heterocycles. The van der Waals surface area contributed by atoms with E-state index in [0.717, 1.165) is 21.3 Å². The zero-order chi connectivity index (χ0) is 10.1. The van der Waals surface area contributed by atoms with Crippen LogP contribution in [0.1, 0.15) is 5.56 Å². The van der Waals surface area contributed by atoms with E-state index in [1.165, 1.54) is 5.56 Å². The quantitative estimate of drug-likeness (QED) is 0.797. The summed E-state index contributed by atoms with van der Waals surface area (Å²) in [4.78, 5) is 0. The summed E-state index contributed by atoms with van der Waals surface area (Å²) in [5, 5.41) is 0. The third-order valence-electron chi connectivity index (χ3n) is 2.06. The molecule has 1 saturated heterocycles. The maximum absolute atomic E-state index is 5.65. The van der Waals surface area contributed by atoms with Crippen molar-refractivity contribution in [2.75, 3.05) is 13.2 Å². The Morgan fingerprint density at radius 1 is 1.50 bits per heavy atom. The Kier molecular flexibility index (Phi) is 3.14. The van der Waals surface area contributed by atoms with Gasteiger partial charge in [0.1, 0.15) is 18.5 Å². The molecule has 1 aliphatic rings. The maximum atomic E-state index is 5.65. The lowest BCUT2D eigenvalue weighted by atomic mass is 10.2. The van der Waals surface area contributed by atoms with Crippen molar-refractivity contribution in [1.82, 2.24) is 0 Å². The second kappa shape index (κ2) is 4.21. The number of hydrogen-bond acceptors (Lipinski definition) is 2. The summed E-state index contributed by atoms with van der Waals surface area (Å²) in [6.07, 6.45) is 0.286. The van der Waals surface area contributed by atoms with Crippen LogP contribution in [-0.4, -0.2) is 19.3 Å². The first kappa shape index (κ1) is 10.5. The van der Waals surface area contributed by atoms with E-state index in [-0.39, 0.29) is 6.10 Å². The molecule has 14 heavy (non-hydrogen) atoms. The topological polar surface area (TPSA) is 21.8 Å². The Morgan fingerprint density at radius 3 is 2.86 bits per heavy atom. The summed E-state index contributed by atoms with van der Waals surface area (Å²) in [5.41, 5.74) is 1.17. The normalized spacial score (nSPS) is 19.5. The Balaban J connectivity index is 2.16. The molecule has 1 heterocycles. The van der Waals surface area contributed by atoms with Crippen LogP contribution >= 0.6 is 31.9 Å². The minimum Gasteiger partial charge on any atom is -0.488 e. The van der Waals surface area contributed by atoms with Crippen LogP contribution in [0.25, 0.3) is 0 Å². The summed E-state index contributed by atoms with van der Waals surface area (Å²) >= 11 is 6.96. The highest BCUT2D eigenvalue weighted by atomic mass is 79.9. The molecule has 0 spiro atoms. The standard InChI is InChI=1S/C10H10Br2O2/c1-6-2-3-8(11)10(9(6)12)14-5-7-4-13-7/h2-3,7H,4-5H2,1H3. The molecular weight excluding hydrogens is 312 g/mol. The van der Waals surface area contributed by atoms with Crippen LogP contribution in [-0.2, 0) is 4.74 Å². The third-order valence-corrected chi connectivity index (χ3v) is 3.67. The van der Waals surface area contributed by atoms with Gasteiger partial charge in [-0.1, -0.05) is 6.07 Å². The minimum absolute atomic E-state index is 0.286. The largest absolute Gasteiger partial charge is 0.488 e. The van der Waals surface area contributed by atoms with E-state index in [1.807, 2.05) is 19.1 Å². The van der Waals surface area contributed by atoms with Gasteiger partial charge in [0.2, 0.25) is 0 Å². The van der Waals surface area contributed by atoms with E-state index < -0.39 is 0 Å².